The third-order valence-electron chi connectivity index (χ3n) is 1.82. The molecule has 0 aromatic heterocycles. The molecular weight excluding hydrogens is 171 g/mol. The van der Waals surface area contributed by atoms with Gasteiger partial charge in [-0.25, -0.2) is 4.39 Å². The van der Waals surface area contributed by atoms with E-state index in [1.807, 2.05) is 18.2 Å². The van der Waals surface area contributed by atoms with Gasteiger partial charge in [0.1, 0.15) is 5.82 Å². The summed E-state index contributed by atoms with van der Waals surface area (Å²) in [7, 11) is 0. The van der Waals surface area contributed by atoms with Gasteiger partial charge in [-0.2, -0.15) is 0 Å². The van der Waals surface area contributed by atoms with Crippen LogP contribution >= 0.6 is 12.6 Å². The molecule has 0 saturated carbocycles. The Morgan fingerprint density at radius 1 is 1.08 bits per heavy atom. The lowest BCUT2D eigenvalue weighted by atomic mass is 10.1. The van der Waals surface area contributed by atoms with Gasteiger partial charge < -0.3 is 0 Å². The van der Waals surface area contributed by atoms with Crippen LogP contribution in [0.5, 0.6) is 0 Å². The van der Waals surface area contributed by atoms with Gasteiger partial charge in [0.25, 0.3) is 0 Å². The second-order valence-electron chi connectivity index (χ2n) is 2.64. The lowest BCUT2D eigenvalue weighted by Gasteiger charge is -1.99. The second kappa shape index (κ2) is 2.79. The Kier molecular flexibility index (Phi) is 1.77. The van der Waals surface area contributed by atoms with E-state index >= 15 is 0 Å². The maximum Gasteiger partial charge on any atom is 0.123 e. The van der Waals surface area contributed by atoms with Crippen LogP contribution in [-0.2, 0) is 0 Å². The average molecular weight is 178 g/mol. The Labute approximate surface area is 75.4 Å². The molecule has 12 heavy (non-hydrogen) atoms. The molecule has 0 aliphatic rings. The molecule has 0 radical (unpaired) electrons. The molecule has 0 bridgehead atoms. The van der Waals surface area contributed by atoms with Crippen LogP contribution in [-0.4, -0.2) is 0 Å². The molecule has 0 atom stereocenters. The van der Waals surface area contributed by atoms with Crippen LogP contribution in [0.4, 0.5) is 4.39 Å². The quantitative estimate of drug-likeness (QED) is 0.588. The molecule has 2 rings (SSSR count). The van der Waals surface area contributed by atoms with Crippen LogP contribution in [0, 0.1) is 5.82 Å². The molecule has 0 saturated heterocycles. The first-order valence-electron chi connectivity index (χ1n) is 3.64. The molecule has 2 heteroatoms. The molecule has 0 aliphatic heterocycles. The number of halogens is 1. The van der Waals surface area contributed by atoms with E-state index in [0.717, 1.165) is 15.7 Å². The lowest BCUT2D eigenvalue weighted by Crippen LogP contribution is -1.77. The van der Waals surface area contributed by atoms with Gasteiger partial charge in [-0.1, -0.05) is 18.2 Å². The maximum absolute atomic E-state index is 12.8. The summed E-state index contributed by atoms with van der Waals surface area (Å²) in [4.78, 5) is 0.812. The highest BCUT2D eigenvalue weighted by Gasteiger charge is 1.97. The van der Waals surface area contributed by atoms with Crippen molar-refractivity contribution in [1.82, 2.24) is 0 Å². The Bertz CT molecular complexity index is 423. The van der Waals surface area contributed by atoms with Crippen molar-refractivity contribution in [3.63, 3.8) is 0 Å². The monoisotopic (exact) mass is 178 g/mol. The third kappa shape index (κ3) is 1.18. The van der Waals surface area contributed by atoms with E-state index in [1.165, 1.54) is 12.1 Å². The van der Waals surface area contributed by atoms with Crippen molar-refractivity contribution in [3.05, 3.63) is 42.2 Å². The summed E-state index contributed by atoms with van der Waals surface area (Å²) in [6.07, 6.45) is 0. The molecule has 60 valence electrons. The first-order valence-corrected chi connectivity index (χ1v) is 4.09. The fraction of sp³-hybridized carbons (Fsp3) is 0. The summed E-state index contributed by atoms with van der Waals surface area (Å²) in [5.74, 6) is -0.219. The number of hydrogen-bond donors (Lipinski definition) is 1. The van der Waals surface area contributed by atoms with Crippen molar-refractivity contribution in [2.45, 2.75) is 4.90 Å². The molecule has 0 nitrogen and oxygen atoms in total. The van der Waals surface area contributed by atoms with Crippen molar-refractivity contribution in [2.24, 2.45) is 0 Å². The molecule has 2 aromatic carbocycles. The Morgan fingerprint density at radius 3 is 2.75 bits per heavy atom. The van der Waals surface area contributed by atoms with Crippen LogP contribution in [0.1, 0.15) is 0 Å². The highest BCUT2D eigenvalue weighted by atomic mass is 32.1. The zero-order valence-corrected chi connectivity index (χ0v) is 7.18. The minimum Gasteiger partial charge on any atom is -0.207 e. The van der Waals surface area contributed by atoms with Crippen molar-refractivity contribution in [1.29, 1.82) is 0 Å². The van der Waals surface area contributed by atoms with E-state index in [2.05, 4.69) is 12.6 Å². The largest absolute Gasteiger partial charge is 0.207 e. The molecule has 0 fully saturated rings. The zero-order valence-electron chi connectivity index (χ0n) is 6.29. The number of hydrogen-bond acceptors (Lipinski definition) is 1. The standard InChI is InChI=1S/C10H7FS/c11-8-5-4-7-2-1-3-10(12)9(7)6-8/h1-6,12H. The van der Waals surface area contributed by atoms with E-state index in [4.69, 9.17) is 0 Å². The van der Waals surface area contributed by atoms with Gasteiger partial charge in [0, 0.05) is 4.90 Å². The van der Waals surface area contributed by atoms with Crippen molar-refractivity contribution in [3.8, 4) is 0 Å². The van der Waals surface area contributed by atoms with Gasteiger partial charge in [-0.05, 0) is 29.0 Å². The summed E-state index contributed by atoms with van der Waals surface area (Å²) in [6.45, 7) is 0. The predicted molar refractivity (Wildman–Crippen MR) is 51.2 cm³/mol. The summed E-state index contributed by atoms with van der Waals surface area (Å²) < 4.78 is 12.8. The minimum atomic E-state index is -0.219. The van der Waals surface area contributed by atoms with Gasteiger partial charge in [-0.15, -0.1) is 12.6 Å². The van der Waals surface area contributed by atoms with Crippen LogP contribution in [0.2, 0.25) is 0 Å². The van der Waals surface area contributed by atoms with Crippen LogP contribution < -0.4 is 0 Å². The van der Waals surface area contributed by atoms with Crippen molar-refractivity contribution >= 4 is 23.4 Å². The smallest absolute Gasteiger partial charge is 0.123 e. The van der Waals surface area contributed by atoms with E-state index < -0.39 is 0 Å². The Hall–Kier alpha value is -1.02. The molecule has 0 unspecified atom stereocenters. The van der Waals surface area contributed by atoms with Gasteiger partial charge in [0.15, 0.2) is 0 Å². The third-order valence-corrected chi connectivity index (χ3v) is 2.21. The molecule has 0 heterocycles. The molecular formula is C10H7FS. The zero-order chi connectivity index (χ0) is 8.55. The van der Waals surface area contributed by atoms with Gasteiger partial charge in [-0.3, -0.25) is 0 Å². The molecule has 2 aromatic rings. The molecule has 0 aliphatic carbocycles. The highest BCUT2D eigenvalue weighted by molar-refractivity contribution is 7.80. The first-order chi connectivity index (χ1) is 5.77. The van der Waals surface area contributed by atoms with E-state index in [0.29, 0.717) is 0 Å². The summed E-state index contributed by atoms with van der Waals surface area (Å²) in [5, 5.41) is 1.88. The van der Waals surface area contributed by atoms with Crippen LogP contribution in [0.3, 0.4) is 0 Å². The predicted octanol–water partition coefficient (Wildman–Crippen LogP) is 3.27. The summed E-state index contributed by atoms with van der Waals surface area (Å²) in [5.41, 5.74) is 0. The Morgan fingerprint density at radius 2 is 1.92 bits per heavy atom. The van der Waals surface area contributed by atoms with Crippen LogP contribution in [0.15, 0.2) is 41.3 Å². The van der Waals surface area contributed by atoms with Gasteiger partial charge >= 0.3 is 0 Å². The van der Waals surface area contributed by atoms with Crippen molar-refractivity contribution in [2.75, 3.05) is 0 Å². The van der Waals surface area contributed by atoms with Gasteiger partial charge in [0.2, 0.25) is 0 Å². The van der Waals surface area contributed by atoms with Crippen molar-refractivity contribution < 1.29 is 4.39 Å². The number of rotatable bonds is 0. The summed E-state index contributed by atoms with van der Waals surface area (Å²) >= 11 is 4.23. The number of fused-ring (bicyclic) bond motifs is 1. The first kappa shape index (κ1) is 7.62. The topological polar surface area (TPSA) is 0 Å². The molecule has 0 spiro atoms. The fourth-order valence-corrected chi connectivity index (χ4v) is 1.51. The average Bonchev–Trinajstić information content (AvgIpc) is 2.07. The minimum absolute atomic E-state index is 0.219. The number of thiol groups is 1. The molecule has 0 N–H and O–H groups in total. The second-order valence-corrected chi connectivity index (χ2v) is 3.12. The SMILES string of the molecule is Fc1ccc2cccc(S)c2c1. The Balaban J connectivity index is 2.88. The highest BCUT2D eigenvalue weighted by Crippen LogP contribution is 2.22. The number of benzene rings is 2. The maximum atomic E-state index is 12.8. The summed E-state index contributed by atoms with van der Waals surface area (Å²) in [6, 6.07) is 10.4. The fourth-order valence-electron chi connectivity index (χ4n) is 1.23. The van der Waals surface area contributed by atoms with E-state index in [1.54, 1.807) is 6.07 Å². The van der Waals surface area contributed by atoms with Crippen LogP contribution in [0.25, 0.3) is 10.8 Å². The molecule has 0 amide bonds. The van der Waals surface area contributed by atoms with Gasteiger partial charge in [0.05, 0.1) is 0 Å². The van der Waals surface area contributed by atoms with E-state index in [-0.39, 0.29) is 5.82 Å². The normalized spacial score (nSPS) is 10.5. The lowest BCUT2D eigenvalue weighted by molar-refractivity contribution is 0.629. The van der Waals surface area contributed by atoms with E-state index in [9.17, 15) is 4.39 Å².